The van der Waals surface area contributed by atoms with Gasteiger partial charge in [0.2, 0.25) is 6.79 Å². The lowest BCUT2D eigenvalue weighted by atomic mass is 10.1. The molecule has 0 saturated carbocycles. The highest BCUT2D eigenvalue weighted by molar-refractivity contribution is 7.99. The third-order valence-corrected chi connectivity index (χ3v) is 6.37. The van der Waals surface area contributed by atoms with Gasteiger partial charge in [0.05, 0.1) is 13.2 Å². The molecular formula is C26H25N3O3S. The largest absolute Gasteiger partial charge is 0.492 e. The highest BCUT2D eigenvalue weighted by atomic mass is 32.2. The smallest absolute Gasteiger partial charge is 0.231 e. The molecule has 1 aliphatic rings. The predicted molar refractivity (Wildman–Crippen MR) is 129 cm³/mol. The lowest BCUT2D eigenvalue weighted by Gasteiger charge is -2.12. The zero-order chi connectivity index (χ0) is 22.6. The Morgan fingerprint density at radius 3 is 2.67 bits per heavy atom. The van der Waals surface area contributed by atoms with Crippen LogP contribution in [-0.4, -0.2) is 33.9 Å². The second kappa shape index (κ2) is 9.58. The number of hydrogen-bond acceptors (Lipinski definition) is 6. The summed E-state index contributed by atoms with van der Waals surface area (Å²) in [6, 6.07) is 22.4. The molecule has 1 aliphatic heterocycles. The molecule has 0 fully saturated rings. The molecule has 6 nitrogen and oxygen atoms in total. The van der Waals surface area contributed by atoms with Crippen molar-refractivity contribution in [2.45, 2.75) is 25.5 Å². The van der Waals surface area contributed by atoms with E-state index in [9.17, 15) is 0 Å². The maximum Gasteiger partial charge on any atom is 0.231 e. The molecule has 0 spiro atoms. The van der Waals surface area contributed by atoms with Crippen LogP contribution in [0.25, 0.3) is 11.4 Å². The third-order valence-electron chi connectivity index (χ3n) is 5.44. The van der Waals surface area contributed by atoms with E-state index in [2.05, 4.69) is 65.0 Å². The first-order chi connectivity index (χ1) is 16.2. The van der Waals surface area contributed by atoms with Crippen LogP contribution in [0.5, 0.6) is 17.2 Å². The fraction of sp³-hybridized carbons (Fsp3) is 0.231. The van der Waals surface area contributed by atoms with Crippen molar-refractivity contribution < 1.29 is 14.2 Å². The van der Waals surface area contributed by atoms with Crippen molar-refractivity contribution in [2.24, 2.45) is 0 Å². The fourth-order valence-corrected chi connectivity index (χ4v) is 4.46. The Morgan fingerprint density at radius 1 is 0.939 bits per heavy atom. The van der Waals surface area contributed by atoms with E-state index in [1.54, 1.807) is 11.8 Å². The minimum absolute atomic E-state index is 0.266. The lowest BCUT2D eigenvalue weighted by molar-refractivity contribution is 0.174. The molecule has 7 heteroatoms. The van der Waals surface area contributed by atoms with E-state index in [0.29, 0.717) is 13.2 Å². The van der Waals surface area contributed by atoms with Crippen LogP contribution in [0.4, 0.5) is 0 Å². The fourth-order valence-electron chi connectivity index (χ4n) is 3.71. The summed E-state index contributed by atoms with van der Waals surface area (Å²) >= 11 is 1.64. The van der Waals surface area contributed by atoms with E-state index in [-0.39, 0.29) is 6.79 Å². The van der Waals surface area contributed by atoms with Crippen molar-refractivity contribution >= 4 is 11.8 Å². The van der Waals surface area contributed by atoms with Gasteiger partial charge in [-0.2, -0.15) is 0 Å². The van der Waals surface area contributed by atoms with Crippen LogP contribution in [0.1, 0.15) is 16.7 Å². The van der Waals surface area contributed by atoms with Crippen LogP contribution in [0.15, 0.2) is 71.9 Å². The van der Waals surface area contributed by atoms with E-state index in [0.717, 1.165) is 50.7 Å². The van der Waals surface area contributed by atoms with Gasteiger partial charge in [0.15, 0.2) is 22.5 Å². The first-order valence-electron chi connectivity index (χ1n) is 10.9. The lowest BCUT2D eigenvalue weighted by Crippen LogP contribution is -2.06. The van der Waals surface area contributed by atoms with E-state index in [4.69, 9.17) is 14.2 Å². The SMILES string of the molecule is Cc1ccc(C)c(OCCSc2nnc(-c3ccccc3)n2Cc2ccc3c(c2)OCO3)c1. The number of nitrogens with zero attached hydrogens (tertiary/aromatic N) is 3. The molecule has 0 unspecified atom stereocenters. The maximum absolute atomic E-state index is 6.03. The molecule has 4 aromatic rings. The van der Waals surface area contributed by atoms with Crippen LogP contribution in [0.2, 0.25) is 0 Å². The third kappa shape index (κ3) is 4.83. The molecule has 0 bridgehead atoms. The van der Waals surface area contributed by atoms with Crippen LogP contribution < -0.4 is 14.2 Å². The summed E-state index contributed by atoms with van der Waals surface area (Å²) < 4.78 is 19.2. The monoisotopic (exact) mass is 459 g/mol. The van der Waals surface area contributed by atoms with Gasteiger partial charge in [0, 0.05) is 11.3 Å². The topological polar surface area (TPSA) is 58.4 Å². The highest BCUT2D eigenvalue weighted by Crippen LogP contribution is 2.33. The van der Waals surface area contributed by atoms with Gasteiger partial charge in [-0.1, -0.05) is 60.3 Å². The predicted octanol–water partition coefficient (Wildman–Crippen LogP) is 5.51. The van der Waals surface area contributed by atoms with Crippen LogP contribution >= 0.6 is 11.8 Å². The molecule has 0 aliphatic carbocycles. The number of ether oxygens (including phenoxy) is 3. The number of fused-ring (bicyclic) bond motifs is 1. The maximum atomic E-state index is 6.03. The molecule has 0 N–H and O–H groups in total. The molecule has 0 amide bonds. The van der Waals surface area contributed by atoms with Gasteiger partial charge in [0.1, 0.15) is 5.75 Å². The van der Waals surface area contributed by atoms with Crippen molar-refractivity contribution in [3.05, 3.63) is 83.4 Å². The minimum Gasteiger partial charge on any atom is -0.492 e. The summed E-state index contributed by atoms with van der Waals surface area (Å²) in [4.78, 5) is 0. The van der Waals surface area contributed by atoms with Crippen molar-refractivity contribution in [2.75, 3.05) is 19.2 Å². The van der Waals surface area contributed by atoms with E-state index < -0.39 is 0 Å². The average Bonchev–Trinajstić information content (AvgIpc) is 3.46. The van der Waals surface area contributed by atoms with Crippen molar-refractivity contribution in [3.63, 3.8) is 0 Å². The quantitative estimate of drug-likeness (QED) is 0.256. The molecule has 3 aromatic carbocycles. The first kappa shape index (κ1) is 21.4. The van der Waals surface area contributed by atoms with Crippen LogP contribution in [-0.2, 0) is 6.54 Å². The van der Waals surface area contributed by atoms with E-state index in [1.807, 2.05) is 30.3 Å². The summed E-state index contributed by atoms with van der Waals surface area (Å²) in [6.45, 7) is 5.63. The van der Waals surface area contributed by atoms with Gasteiger partial charge in [-0.15, -0.1) is 10.2 Å². The molecular weight excluding hydrogens is 434 g/mol. The van der Waals surface area contributed by atoms with Crippen molar-refractivity contribution in [1.29, 1.82) is 0 Å². The normalized spacial score (nSPS) is 12.2. The second-order valence-corrected chi connectivity index (χ2v) is 8.97. The number of aromatic nitrogens is 3. The van der Waals surface area contributed by atoms with Crippen LogP contribution in [0.3, 0.4) is 0 Å². The van der Waals surface area contributed by atoms with Gasteiger partial charge < -0.3 is 14.2 Å². The number of benzene rings is 3. The Balaban J connectivity index is 1.34. The van der Waals surface area contributed by atoms with Crippen molar-refractivity contribution in [3.8, 4) is 28.6 Å². The van der Waals surface area contributed by atoms with E-state index >= 15 is 0 Å². The molecule has 168 valence electrons. The first-order valence-corrected chi connectivity index (χ1v) is 11.9. The summed E-state index contributed by atoms with van der Waals surface area (Å²) in [5.41, 5.74) is 4.47. The molecule has 1 aromatic heterocycles. The number of hydrogen-bond donors (Lipinski definition) is 0. The zero-order valence-corrected chi connectivity index (χ0v) is 19.5. The van der Waals surface area contributed by atoms with Crippen molar-refractivity contribution in [1.82, 2.24) is 14.8 Å². The van der Waals surface area contributed by atoms with Gasteiger partial charge in [-0.3, -0.25) is 4.57 Å². The second-order valence-electron chi connectivity index (χ2n) is 7.91. The number of thioether (sulfide) groups is 1. The van der Waals surface area contributed by atoms with E-state index in [1.165, 1.54) is 5.56 Å². The zero-order valence-electron chi connectivity index (χ0n) is 18.7. The highest BCUT2D eigenvalue weighted by Gasteiger charge is 2.18. The van der Waals surface area contributed by atoms with Gasteiger partial charge >= 0.3 is 0 Å². The summed E-state index contributed by atoms with van der Waals surface area (Å²) in [6.07, 6.45) is 0. The summed E-state index contributed by atoms with van der Waals surface area (Å²) in [7, 11) is 0. The molecule has 0 atom stereocenters. The van der Waals surface area contributed by atoms with Gasteiger partial charge in [-0.05, 0) is 48.7 Å². The van der Waals surface area contributed by atoms with Gasteiger partial charge in [0.25, 0.3) is 0 Å². The number of aryl methyl sites for hydroxylation is 2. The number of rotatable bonds is 8. The molecule has 5 rings (SSSR count). The standard InChI is InChI=1S/C26H25N3O3S/c1-18-8-9-19(2)23(14-18)30-12-13-33-26-28-27-25(21-6-4-3-5-7-21)29(26)16-20-10-11-22-24(15-20)32-17-31-22/h3-11,14-15H,12-13,16-17H2,1-2H3. The molecule has 2 heterocycles. The Labute approximate surface area is 197 Å². The minimum atomic E-state index is 0.266. The molecule has 0 saturated heterocycles. The Morgan fingerprint density at radius 2 is 1.79 bits per heavy atom. The van der Waals surface area contributed by atoms with Crippen LogP contribution in [0, 0.1) is 13.8 Å². The summed E-state index contributed by atoms with van der Waals surface area (Å²) in [5.74, 6) is 4.09. The Hall–Kier alpha value is -3.45. The Bertz CT molecular complexity index is 1260. The average molecular weight is 460 g/mol. The Kier molecular flexibility index (Phi) is 6.21. The molecule has 0 radical (unpaired) electrons. The molecule has 33 heavy (non-hydrogen) atoms. The summed E-state index contributed by atoms with van der Waals surface area (Å²) in [5, 5.41) is 9.87. The van der Waals surface area contributed by atoms with Gasteiger partial charge in [-0.25, -0.2) is 0 Å².